The first-order valence-electron chi connectivity index (χ1n) is 8.16. The van der Waals surface area contributed by atoms with Crippen LogP contribution < -0.4 is 5.32 Å². The third-order valence-corrected chi connectivity index (χ3v) is 4.45. The normalized spacial score (nSPS) is 16.0. The van der Waals surface area contributed by atoms with E-state index >= 15 is 0 Å². The maximum absolute atomic E-state index is 13.0. The van der Waals surface area contributed by atoms with Crippen LogP contribution in [0.3, 0.4) is 0 Å². The van der Waals surface area contributed by atoms with Crippen molar-refractivity contribution in [2.45, 2.75) is 33.9 Å². The number of amides is 3. The van der Waals surface area contributed by atoms with Gasteiger partial charge in [-0.05, 0) is 56.2 Å². The molecule has 1 aromatic heterocycles. The number of benzene rings is 1. The van der Waals surface area contributed by atoms with Crippen molar-refractivity contribution in [1.29, 1.82) is 0 Å². The smallest absolute Gasteiger partial charge is 0.329 e. The van der Waals surface area contributed by atoms with Crippen molar-refractivity contribution < 1.29 is 14.0 Å². The Balaban J connectivity index is 1.84. The molecule has 3 rings (SSSR count). The van der Waals surface area contributed by atoms with Crippen LogP contribution in [0, 0.1) is 19.7 Å². The molecule has 0 atom stereocenters. The van der Waals surface area contributed by atoms with E-state index in [9.17, 15) is 14.0 Å². The van der Waals surface area contributed by atoms with Gasteiger partial charge in [-0.3, -0.25) is 9.69 Å². The Labute approximate surface area is 145 Å². The SMILES string of the molecule is CCn1c(C)cc(/C=C2\NC(=O)N(Cc3ccc(F)cc3)C2=O)c1C. The summed E-state index contributed by atoms with van der Waals surface area (Å²) in [7, 11) is 0. The van der Waals surface area contributed by atoms with Crippen molar-refractivity contribution in [3.05, 3.63) is 64.4 Å². The van der Waals surface area contributed by atoms with E-state index in [1.165, 1.54) is 12.1 Å². The van der Waals surface area contributed by atoms with E-state index in [2.05, 4.69) is 16.8 Å². The van der Waals surface area contributed by atoms with Gasteiger partial charge in [-0.2, -0.15) is 0 Å². The standard InChI is InChI=1S/C19H20FN3O2/c1-4-22-12(2)9-15(13(22)3)10-17-18(24)23(19(25)21-17)11-14-5-7-16(20)8-6-14/h5-10H,4,11H2,1-3H3,(H,21,25)/b17-10-. The summed E-state index contributed by atoms with van der Waals surface area (Å²) >= 11 is 0. The molecule has 0 aliphatic carbocycles. The van der Waals surface area contributed by atoms with E-state index in [0.29, 0.717) is 5.56 Å². The molecule has 130 valence electrons. The Hall–Kier alpha value is -2.89. The van der Waals surface area contributed by atoms with Crippen LogP contribution in [0.15, 0.2) is 36.0 Å². The molecule has 0 radical (unpaired) electrons. The van der Waals surface area contributed by atoms with Crippen LogP contribution in [-0.4, -0.2) is 21.4 Å². The highest BCUT2D eigenvalue weighted by molar-refractivity contribution is 6.13. The van der Waals surface area contributed by atoms with Gasteiger partial charge in [-0.15, -0.1) is 0 Å². The van der Waals surface area contributed by atoms with Gasteiger partial charge in [-0.1, -0.05) is 12.1 Å². The number of carbonyl (C=O) groups is 2. The van der Waals surface area contributed by atoms with Gasteiger partial charge in [0, 0.05) is 17.9 Å². The molecule has 1 aliphatic rings. The topological polar surface area (TPSA) is 54.3 Å². The summed E-state index contributed by atoms with van der Waals surface area (Å²) in [4.78, 5) is 25.8. The Morgan fingerprint density at radius 2 is 1.84 bits per heavy atom. The van der Waals surface area contributed by atoms with Gasteiger partial charge in [0.15, 0.2) is 0 Å². The van der Waals surface area contributed by atoms with Gasteiger partial charge in [0.25, 0.3) is 5.91 Å². The van der Waals surface area contributed by atoms with Crippen LogP contribution in [0.5, 0.6) is 0 Å². The minimum atomic E-state index is -0.468. The molecule has 3 amide bonds. The lowest BCUT2D eigenvalue weighted by molar-refractivity contribution is -0.123. The number of rotatable bonds is 4. The lowest BCUT2D eigenvalue weighted by Gasteiger charge is -2.11. The summed E-state index contributed by atoms with van der Waals surface area (Å²) in [5.74, 6) is -0.733. The molecule has 1 aromatic carbocycles. The van der Waals surface area contributed by atoms with E-state index in [0.717, 1.165) is 28.4 Å². The maximum atomic E-state index is 13.0. The molecule has 0 unspecified atom stereocenters. The lowest BCUT2D eigenvalue weighted by atomic mass is 10.2. The summed E-state index contributed by atoms with van der Waals surface area (Å²) in [6.45, 7) is 7.01. The number of urea groups is 1. The first-order chi connectivity index (χ1) is 11.9. The molecule has 25 heavy (non-hydrogen) atoms. The molecule has 1 N–H and O–H groups in total. The largest absolute Gasteiger partial charge is 0.349 e. The predicted octanol–water partition coefficient (Wildman–Crippen LogP) is 3.36. The molecule has 1 aliphatic heterocycles. The van der Waals surface area contributed by atoms with Gasteiger partial charge < -0.3 is 9.88 Å². The van der Waals surface area contributed by atoms with Crippen molar-refractivity contribution in [3.63, 3.8) is 0 Å². The second-order valence-electron chi connectivity index (χ2n) is 6.08. The Morgan fingerprint density at radius 3 is 2.44 bits per heavy atom. The van der Waals surface area contributed by atoms with Crippen molar-refractivity contribution in [3.8, 4) is 0 Å². The highest BCUT2D eigenvalue weighted by Crippen LogP contribution is 2.21. The van der Waals surface area contributed by atoms with Crippen LogP contribution in [0.1, 0.15) is 29.4 Å². The molecular weight excluding hydrogens is 321 g/mol. The molecule has 1 saturated heterocycles. The van der Waals surface area contributed by atoms with Crippen LogP contribution in [-0.2, 0) is 17.9 Å². The third-order valence-electron chi connectivity index (χ3n) is 4.45. The zero-order valence-electron chi connectivity index (χ0n) is 14.5. The van der Waals surface area contributed by atoms with Crippen molar-refractivity contribution in [1.82, 2.24) is 14.8 Å². The number of nitrogens with zero attached hydrogens (tertiary/aromatic N) is 2. The van der Waals surface area contributed by atoms with Crippen molar-refractivity contribution in [2.24, 2.45) is 0 Å². The van der Waals surface area contributed by atoms with Crippen LogP contribution in [0.25, 0.3) is 6.08 Å². The average molecular weight is 341 g/mol. The summed E-state index contributed by atoms with van der Waals surface area (Å²) < 4.78 is 15.1. The number of nitrogens with one attached hydrogen (secondary N) is 1. The Bertz CT molecular complexity index is 866. The van der Waals surface area contributed by atoms with Gasteiger partial charge in [0.1, 0.15) is 11.5 Å². The van der Waals surface area contributed by atoms with Crippen LogP contribution in [0.2, 0.25) is 0 Å². The number of aromatic nitrogens is 1. The first-order valence-corrected chi connectivity index (χ1v) is 8.16. The maximum Gasteiger partial charge on any atom is 0.329 e. The third kappa shape index (κ3) is 3.20. The molecule has 2 aromatic rings. The van der Waals surface area contributed by atoms with Gasteiger partial charge in [0.05, 0.1) is 6.54 Å². The number of aryl methyl sites for hydroxylation is 1. The zero-order chi connectivity index (χ0) is 18.1. The van der Waals surface area contributed by atoms with Gasteiger partial charge >= 0.3 is 6.03 Å². The predicted molar refractivity (Wildman–Crippen MR) is 93.0 cm³/mol. The highest BCUT2D eigenvalue weighted by atomic mass is 19.1. The first kappa shape index (κ1) is 17.0. The summed E-state index contributed by atoms with van der Waals surface area (Å²) in [6, 6.07) is 7.27. The summed E-state index contributed by atoms with van der Waals surface area (Å²) in [5.41, 5.74) is 4.00. The van der Waals surface area contributed by atoms with Crippen molar-refractivity contribution >= 4 is 18.0 Å². The quantitative estimate of drug-likeness (QED) is 0.685. The fourth-order valence-corrected chi connectivity index (χ4v) is 3.10. The molecule has 5 nitrogen and oxygen atoms in total. The van der Waals surface area contributed by atoms with Gasteiger partial charge in [0.2, 0.25) is 0 Å². The van der Waals surface area contributed by atoms with Gasteiger partial charge in [-0.25, -0.2) is 9.18 Å². The summed E-state index contributed by atoms with van der Waals surface area (Å²) in [5, 5.41) is 2.62. The fraction of sp³-hybridized carbons (Fsp3) is 0.263. The molecule has 1 fully saturated rings. The van der Waals surface area contributed by atoms with E-state index in [4.69, 9.17) is 0 Å². The molecular formula is C19H20FN3O2. The molecule has 0 saturated carbocycles. The fourth-order valence-electron chi connectivity index (χ4n) is 3.10. The summed E-state index contributed by atoms with van der Waals surface area (Å²) in [6.07, 6.45) is 1.71. The molecule has 0 bridgehead atoms. The van der Waals surface area contributed by atoms with E-state index in [1.54, 1.807) is 18.2 Å². The minimum Gasteiger partial charge on any atom is -0.349 e. The van der Waals surface area contributed by atoms with E-state index in [-0.39, 0.29) is 24.0 Å². The highest BCUT2D eigenvalue weighted by Gasteiger charge is 2.33. The second kappa shape index (κ2) is 6.55. The van der Waals surface area contributed by atoms with E-state index in [1.807, 2.05) is 19.9 Å². The van der Waals surface area contributed by atoms with Crippen LogP contribution >= 0.6 is 0 Å². The average Bonchev–Trinajstić information content (AvgIpc) is 2.99. The molecule has 0 spiro atoms. The molecule has 2 heterocycles. The number of hydrogen-bond acceptors (Lipinski definition) is 2. The van der Waals surface area contributed by atoms with E-state index < -0.39 is 6.03 Å². The Kier molecular flexibility index (Phi) is 4.44. The minimum absolute atomic E-state index is 0.107. The van der Waals surface area contributed by atoms with Crippen molar-refractivity contribution in [2.75, 3.05) is 0 Å². The number of halogens is 1. The number of hydrogen-bond donors (Lipinski definition) is 1. The number of carbonyl (C=O) groups excluding carboxylic acids is 2. The lowest BCUT2D eigenvalue weighted by Crippen LogP contribution is -2.30. The Morgan fingerprint density at radius 1 is 1.16 bits per heavy atom. The second-order valence-corrected chi connectivity index (χ2v) is 6.08. The monoisotopic (exact) mass is 341 g/mol. The zero-order valence-corrected chi connectivity index (χ0v) is 14.5. The van der Waals surface area contributed by atoms with Crippen LogP contribution in [0.4, 0.5) is 9.18 Å². The molecule has 6 heteroatoms. The number of imide groups is 1.